The highest BCUT2D eigenvalue weighted by atomic mass is 35.5. The zero-order valence-electron chi connectivity index (χ0n) is 11.3. The standard InChI is InChI=1S/C15H22ClN3/c16-12-1-3-14(4-2-12)18-9-6-15(7-10-18)19-8-5-13(17)11-19/h1-4,13,15H,5-11,17H2/t13-/m0/s1. The van der Waals surface area contributed by atoms with Crippen LogP contribution in [-0.2, 0) is 0 Å². The molecule has 1 aromatic rings. The molecule has 2 saturated heterocycles. The lowest BCUT2D eigenvalue weighted by atomic mass is 10.0. The fraction of sp³-hybridized carbons (Fsp3) is 0.600. The van der Waals surface area contributed by atoms with Crippen LogP contribution < -0.4 is 10.6 Å². The smallest absolute Gasteiger partial charge is 0.0407 e. The predicted molar refractivity (Wildman–Crippen MR) is 80.9 cm³/mol. The minimum atomic E-state index is 0.397. The maximum atomic E-state index is 6.00. The van der Waals surface area contributed by atoms with E-state index in [4.69, 9.17) is 17.3 Å². The zero-order valence-corrected chi connectivity index (χ0v) is 12.0. The molecule has 0 aromatic heterocycles. The fourth-order valence-corrected chi connectivity index (χ4v) is 3.41. The summed E-state index contributed by atoms with van der Waals surface area (Å²) in [6.07, 6.45) is 3.65. The molecule has 3 nitrogen and oxygen atoms in total. The maximum absolute atomic E-state index is 6.00. The Kier molecular flexibility index (Phi) is 3.96. The first-order valence-corrected chi connectivity index (χ1v) is 7.60. The summed E-state index contributed by atoms with van der Waals surface area (Å²) in [4.78, 5) is 5.05. The number of hydrogen-bond donors (Lipinski definition) is 1. The average Bonchev–Trinajstić information content (AvgIpc) is 2.87. The van der Waals surface area contributed by atoms with E-state index in [2.05, 4.69) is 21.9 Å². The van der Waals surface area contributed by atoms with Gasteiger partial charge in [-0.05, 0) is 43.5 Å². The van der Waals surface area contributed by atoms with Crippen molar-refractivity contribution in [3.63, 3.8) is 0 Å². The minimum Gasteiger partial charge on any atom is -0.371 e. The van der Waals surface area contributed by atoms with Gasteiger partial charge in [0.25, 0.3) is 0 Å². The first-order chi connectivity index (χ1) is 9.22. The zero-order chi connectivity index (χ0) is 13.2. The lowest BCUT2D eigenvalue weighted by molar-refractivity contribution is 0.205. The van der Waals surface area contributed by atoms with Crippen molar-refractivity contribution in [2.75, 3.05) is 31.1 Å². The largest absolute Gasteiger partial charge is 0.371 e. The van der Waals surface area contributed by atoms with Gasteiger partial charge >= 0.3 is 0 Å². The number of anilines is 1. The number of likely N-dealkylation sites (tertiary alicyclic amines) is 1. The highest BCUT2D eigenvalue weighted by Gasteiger charge is 2.29. The molecule has 0 saturated carbocycles. The van der Waals surface area contributed by atoms with E-state index in [0.717, 1.165) is 37.1 Å². The third kappa shape index (κ3) is 3.04. The molecule has 0 unspecified atom stereocenters. The summed E-state index contributed by atoms with van der Waals surface area (Å²) < 4.78 is 0. The van der Waals surface area contributed by atoms with Crippen LogP contribution in [0.2, 0.25) is 5.02 Å². The Bertz CT molecular complexity index is 412. The van der Waals surface area contributed by atoms with Crippen molar-refractivity contribution in [3.8, 4) is 0 Å². The van der Waals surface area contributed by atoms with E-state index in [1.54, 1.807) is 0 Å². The van der Waals surface area contributed by atoms with Crippen LogP contribution in [0.3, 0.4) is 0 Å². The number of benzene rings is 1. The van der Waals surface area contributed by atoms with Crippen molar-refractivity contribution in [3.05, 3.63) is 29.3 Å². The van der Waals surface area contributed by atoms with Gasteiger partial charge in [0, 0.05) is 49.0 Å². The van der Waals surface area contributed by atoms with Gasteiger partial charge in [-0.25, -0.2) is 0 Å². The molecule has 19 heavy (non-hydrogen) atoms. The normalized spacial score (nSPS) is 26.0. The van der Waals surface area contributed by atoms with Gasteiger partial charge in [0.2, 0.25) is 0 Å². The second kappa shape index (κ2) is 5.70. The predicted octanol–water partition coefficient (Wildman–Crippen LogP) is 2.34. The van der Waals surface area contributed by atoms with Crippen molar-refractivity contribution in [2.24, 2.45) is 5.73 Å². The topological polar surface area (TPSA) is 32.5 Å². The van der Waals surface area contributed by atoms with Crippen molar-refractivity contribution >= 4 is 17.3 Å². The maximum Gasteiger partial charge on any atom is 0.0407 e. The van der Waals surface area contributed by atoms with Crippen molar-refractivity contribution < 1.29 is 0 Å². The molecule has 2 N–H and O–H groups in total. The molecule has 1 atom stereocenters. The fourth-order valence-electron chi connectivity index (χ4n) is 3.29. The molecule has 2 fully saturated rings. The molecule has 2 heterocycles. The van der Waals surface area contributed by atoms with Crippen molar-refractivity contribution in [1.29, 1.82) is 0 Å². The summed E-state index contributed by atoms with van der Waals surface area (Å²) in [6, 6.07) is 9.32. The molecule has 4 heteroatoms. The van der Waals surface area contributed by atoms with E-state index in [1.165, 1.54) is 25.1 Å². The Hall–Kier alpha value is -0.770. The number of nitrogens with two attached hydrogens (primary N) is 1. The van der Waals surface area contributed by atoms with Crippen molar-refractivity contribution in [2.45, 2.75) is 31.3 Å². The Morgan fingerprint density at radius 3 is 2.26 bits per heavy atom. The van der Waals surface area contributed by atoms with Gasteiger partial charge in [-0.2, -0.15) is 0 Å². The molecular weight excluding hydrogens is 258 g/mol. The lowest BCUT2D eigenvalue weighted by Gasteiger charge is -2.37. The third-order valence-electron chi connectivity index (χ3n) is 4.43. The van der Waals surface area contributed by atoms with Gasteiger partial charge in [0.1, 0.15) is 0 Å². The van der Waals surface area contributed by atoms with Gasteiger partial charge in [-0.3, -0.25) is 4.90 Å². The molecule has 0 radical (unpaired) electrons. The third-order valence-corrected chi connectivity index (χ3v) is 4.68. The number of nitrogens with zero attached hydrogens (tertiary/aromatic N) is 2. The van der Waals surface area contributed by atoms with E-state index >= 15 is 0 Å². The van der Waals surface area contributed by atoms with E-state index in [9.17, 15) is 0 Å². The Morgan fingerprint density at radius 2 is 1.68 bits per heavy atom. The molecule has 0 amide bonds. The van der Waals surface area contributed by atoms with Crippen LogP contribution in [0.5, 0.6) is 0 Å². The Labute approximate surface area is 120 Å². The second-order valence-electron chi connectivity index (χ2n) is 5.74. The first-order valence-electron chi connectivity index (χ1n) is 7.22. The molecule has 2 aliphatic rings. The molecule has 0 aliphatic carbocycles. The second-order valence-corrected chi connectivity index (χ2v) is 6.17. The summed E-state index contributed by atoms with van der Waals surface area (Å²) in [5.74, 6) is 0. The van der Waals surface area contributed by atoms with Crippen LogP contribution in [0.4, 0.5) is 5.69 Å². The highest BCUT2D eigenvalue weighted by molar-refractivity contribution is 6.30. The number of piperidine rings is 1. The van der Waals surface area contributed by atoms with Gasteiger partial charge in [-0.15, -0.1) is 0 Å². The molecule has 0 bridgehead atoms. The lowest BCUT2D eigenvalue weighted by Crippen LogP contribution is -2.44. The van der Waals surface area contributed by atoms with Gasteiger partial charge in [0.05, 0.1) is 0 Å². The highest BCUT2D eigenvalue weighted by Crippen LogP contribution is 2.25. The average molecular weight is 280 g/mol. The Morgan fingerprint density at radius 1 is 1.00 bits per heavy atom. The minimum absolute atomic E-state index is 0.397. The first kappa shape index (κ1) is 13.2. The van der Waals surface area contributed by atoms with Crippen LogP contribution in [0, 0.1) is 0 Å². The van der Waals surface area contributed by atoms with E-state index < -0.39 is 0 Å². The molecule has 104 valence electrons. The van der Waals surface area contributed by atoms with Crippen LogP contribution >= 0.6 is 11.6 Å². The summed E-state index contributed by atoms with van der Waals surface area (Å²) in [5, 5.41) is 0.810. The van der Waals surface area contributed by atoms with Gasteiger partial charge < -0.3 is 10.6 Å². The SMILES string of the molecule is N[C@H]1CCN(C2CCN(c3ccc(Cl)cc3)CC2)C1. The monoisotopic (exact) mass is 279 g/mol. The quantitative estimate of drug-likeness (QED) is 0.902. The van der Waals surface area contributed by atoms with E-state index in [-0.39, 0.29) is 0 Å². The summed E-state index contributed by atoms with van der Waals surface area (Å²) in [6.45, 7) is 4.55. The number of hydrogen-bond acceptors (Lipinski definition) is 3. The number of halogens is 1. The van der Waals surface area contributed by atoms with Crippen LogP contribution in [0.25, 0.3) is 0 Å². The number of rotatable bonds is 2. The van der Waals surface area contributed by atoms with E-state index in [1.807, 2.05) is 12.1 Å². The van der Waals surface area contributed by atoms with Gasteiger partial charge in [0.15, 0.2) is 0 Å². The van der Waals surface area contributed by atoms with Crippen LogP contribution in [0.1, 0.15) is 19.3 Å². The molecule has 1 aromatic carbocycles. The molecular formula is C15H22ClN3. The molecule has 0 spiro atoms. The molecule has 3 rings (SSSR count). The summed E-state index contributed by atoms with van der Waals surface area (Å²) in [7, 11) is 0. The van der Waals surface area contributed by atoms with Crippen molar-refractivity contribution in [1.82, 2.24) is 4.90 Å². The molecule has 2 aliphatic heterocycles. The van der Waals surface area contributed by atoms with Crippen LogP contribution in [0.15, 0.2) is 24.3 Å². The summed E-state index contributed by atoms with van der Waals surface area (Å²) in [5.41, 5.74) is 7.29. The van der Waals surface area contributed by atoms with Crippen LogP contribution in [-0.4, -0.2) is 43.2 Å². The van der Waals surface area contributed by atoms with E-state index in [0.29, 0.717) is 6.04 Å². The van der Waals surface area contributed by atoms with Gasteiger partial charge in [-0.1, -0.05) is 11.6 Å². The Balaban J connectivity index is 1.56. The summed E-state index contributed by atoms with van der Waals surface area (Å²) >= 11 is 5.94.